The minimum absolute atomic E-state index is 0.0694. The zero-order valence-electron chi connectivity index (χ0n) is 21.4. The van der Waals surface area contributed by atoms with Gasteiger partial charge in [0.15, 0.2) is 0 Å². The average Bonchev–Trinajstić information content (AvgIpc) is 2.64. The number of hydrogen-bond donors (Lipinski definition) is 2. The van der Waals surface area contributed by atoms with Crippen LogP contribution in [0.2, 0.25) is 0 Å². The molecule has 8 heteroatoms. The van der Waals surface area contributed by atoms with Crippen molar-refractivity contribution in [3.8, 4) is 0 Å². The number of rotatable bonds is 21. The van der Waals surface area contributed by atoms with Gasteiger partial charge < -0.3 is 19.7 Å². The van der Waals surface area contributed by atoms with Gasteiger partial charge in [0.25, 0.3) is 10.1 Å². The second-order valence-corrected chi connectivity index (χ2v) is 11.4. The number of carbonyl (C=O) groups is 1. The molecule has 0 aliphatic heterocycles. The van der Waals surface area contributed by atoms with Crippen LogP contribution in [0.5, 0.6) is 0 Å². The van der Waals surface area contributed by atoms with Gasteiger partial charge in [-0.05, 0) is 25.9 Å². The van der Waals surface area contributed by atoms with Crippen molar-refractivity contribution < 1.29 is 27.4 Å². The summed E-state index contributed by atoms with van der Waals surface area (Å²) in [5.74, 6) is -1.14. The molecular formula is C24H52N2O5S. The molecule has 0 fully saturated rings. The first-order chi connectivity index (χ1) is 15.0. The summed E-state index contributed by atoms with van der Waals surface area (Å²) in [4.78, 5) is 9.89. The first kappa shape index (κ1) is 33.5. The van der Waals surface area contributed by atoms with Crippen LogP contribution in [0.1, 0.15) is 103 Å². The molecule has 0 rings (SSSR count). The van der Waals surface area contributed by atoms with Crippen molar-refractivity contribution in [2.24, 2.45) is 0 Å². The van der Waals surface area contributed by atoms with Crippen LogP contribution in [0.25, 0.3) is 0 Å². The predicted molar refractivity (Wildman–Crippen MR) is 132 cm³/mol. The summed E-state index contributed by atoms with van der Waals surface area (Å²) in [6.07, 6.45) is 19.6. The molecule has 0 bridgehead atoms. The van der Waals surface area contributed by atoms with E-state index in [-0.39, 0.29) is 12.3 Å². The summed E-state index contributed by atoms with van der Waals surface area (Å²) < 4.78 is 30.1. The smallest absolute Gasteiger partial charge is 0.264 e. The van der Waals surface area contributed by atoms with E-state index in [1.165, 1.54) is 83.5 Å². The molecule has 0 aliphatic carbocycles. The first-order valence-corrected chi connectivity index (χ1v) is 14.2. The molecule has 0 saturated carbocycles. The van der Waals surface area contributed by atoms with E-state index in [1.807, 2.05) is 0 Å². The van der Waals surface area contributed by atoms with E-state index >= 15 is 0 Å². The largest absolute Gasteiger partial charge is 0.544 e. The second kappa shape index (κ2) is 22.1. The quantitative estimate of drug-likeness (QED) is 0.147. The number of carbonyl (C=O) groups excluding carboxylic acids is 1. The lowest BCUT2D eigenvalue weighted by atomic mass is 10.0. The number of carboxylic acid groups (broad SMARTS) is 1. The molecule has 0 radical (unpaired) electrons. The molecule has 7 nitrogen and oxygen atoms in total. The Morgan fingerprint density at radius 2 is 1.12 bits per heavy atom. The maximum atomic E-state index is 10.5. The highest BCUT2D eigenvalue weighted by Crippen LogP contribution is 2.12. The van der Waals surface area contributed by atoms with Crippen molar-refractivity contribution in [3.05, 3.63) is 0 Å². The Hall–Kier alpha value is -0.700. The third kappa shape index (κ3) is 36.7. The fourth-order valence-electron chi connectivity index (χ4n) is 3.34. The Bertz CT molecular complexity index is 519. The van der Waals surface area contributed by atoms with Gasteiger partial charge in [0.05, 0.1) is 32.9 Å². The van der Waals surface area contributed by atoms with Crippen molar-refractivity contribution in [3.63, 3.8) is 0 Å². The van der Waals surface area contributed by atoms with Crippen LogP contribution in [0.4, 0.5) is 0 Å². The lowest BCUT2D eigenvalue weighted by Crippen LogP contribution is -2.45. The number of quaternary nitrogens is 1. The molecule has 0 aliphatic rings. The molecule has 2 N–H and O–H groups in total. The van der Waals surface area contributed by atoms with Gasteiger partial charge in [-0.25, -0.2) is 0 Å². The standard InChI is InChI=1S/C19H41NO3S.C5H11NO2/c1-2-3-4-5-6-7-8-9-10-11-12-13-14-15-17-20-18-16-19-24(21,22)23;1-6(2,3)4-5(7)8/h20H,2-19H2,1H3,(H,21,22,23);4H2,1-3H3. The molecule has 0 heterocycles. The molecule has 0 spiro atoms. The Morgan fingerprint density at radius 3 is 1.44 bits per heavy atom. The molecule has 194 valence electrons. The molecule has 0 aromatic carbocycles. The average molecular weight is 481 g/mol. The van der Waals surface area contributed by atoms with Gasteiger partial charge in [-0.15, -0.1) is 0 Å². The van der Waals surface area contributed by atoms with E-state index in [0.29, 0.717) is 17.4 Å². The molecule has 0 aromatic rings. The van der Waals surface area contributed by atoms with Crippen LogP contribution in [0.3, 0.4) is 0 Å². The van der Waals surface area contributed by atoms with E-state index in [9.17, 15) is 18.3 Å². The minimum atomic E-state index is -3.79. The number of aliphatic carboxylic acids is 1. The zero-order chi connectivity index (χ0) is 24.7. The summed E-state index contributed by atoms with van der Waals surface area (Å²) in [5.41, 5.74) is 0. The Kier molecular flexibility index (Phi) is 23.1. The molecular weight excluding hydrogens is 428 g/mol. The van der Waals surface area contributed by atoms with E-state index in [2.05, 4.69) is 12.2 Å². The molecule has 0 saturated heterocycles. The SMILES string of the molecule is CCCCCCCCCCCCCCCCNCCCS(=O)(=O)O.C[N+](C)(C)CC(=O)[O-]. The molecule has 32 heavy (non-hydrogen) atoms. The van der Waals surface area contributed by atoms with E-state index < -0.39 is 16.1 Å². The van der Waals surface area contributed by atoms with E-state index in [0.717, 1.165) is 13.0 Å². The van der Waals surface area contributed by atoms with Crippen LogP contribution in [0, 0.1) is 0 Å². The van der Waals surface area contributed by atoms with Crippen LogP contribution in [-0.4, -0.2) is 70.0 Å². The van der Waals surface area contributed by atoms with Gasteiger partial charge >= 0.3 is 0 Å². The second-order valence-electron chi connectivity index (χ2n) is 9.81. The lowest BCUT2D eigenvalue weighted by molar-refractivity contribution is -0.864. The van der Waals surface area contributed by atoms with Gasteiger partial charge in [-0.2, -0.15) is 8.42 Å². The number of unbranched alkanes of at least 4 members (excludes halogenated alkanes) is 13. The first-order valence-electron chi connectivity index (χ1n) is 12.6. The number of nitrogens with one attached hydrogen (secondary N) is 1. The Labute approximate surface area is 198 Å². The Morgan fingerprint density at radius 1 is 0.750 bits per heavy atom. The van der Waals surface area contributed by atoms with Gasteiger partial charge in [0.1, 0.15) is 6.54 Å². The fraction of sp³-hybridized carbons (Fsp3) is 0.958. The molecule has 0 amide bonds. The van der Waals surface area contributed by atoms with Crippen LogP contribution in [-0.2, 0) is 14.9 Å². The maximum Gasteiger partial charge on any atom is 0.264 e. The van der Waals surface area contributed by atoms with Crippen molar-refractivity contribution in [1.82, 2.24) is 5.32 Å². The van der Waals surface area contributed by atoms with Crippen molar-refractivity contribution in [2.75, 3.05) is 46.5 Å². The van der Waals surface area contributed by atoms with Gasteiger partial charge in [-0.1, -0.05) is 90.4 Å². The van der Waals surface area contributed by atoms with Crippen LogP contribution in [0.15, 0.2) is 0 Å². The molecule has 0 unspecified atom stereocenters. The number of carboxylic acids is 1. The molecule has 0 aromatic heterocycles. The number of hydrogen-bond acceptors (Lipinski definition) is 5. The van der Waals surface area contributed by atoms with Crippen LogP contribution >= 0.6 is 0 Å². The van der Waals surface area contributed by atoms with E-state index in [4.69, 9.17) is 4.55 Å². The van der Waals surface area contributed by atoms with Crippen LogP contribution < -0.4 is 10.4 Å². The van der Waals surface area contributed by atoms with Crippen molar-refractivity contribution >= 4 is 16.1 Å². The lowest BCUT2D eigenvalue weighted by Gasteiger charge is -2.23. The predicted octanol–water partition coefficient (Wildman–Crippen LogP) is 3.78. The normalized spacial score (nSPS) is 11.8. The Balaban J connectivity index is 0. The topological polar surface area (TPSA) is 107 Å². The highest BCUT2D eigenvalue weighted by Gasteiger charge is 2.05. The minimum Gasteiger partial charge on any atom is -0.544 e. The summed E-state index contributed by atoms with van der Waals surface area (Å²) in [6.45, 7) is 3.95. The summed E-state index contributed by atoms with van der Waals surface area (Å²) in [6, 6.07) is 0. The maximum absolute atomic E-state index is 10.5. The van der Waals surface area contributed by atoms with Crippen molar-refractivity contribution in [2.45, 2.75) is 103 Å². The van der Waals surface area contributed by atoms with Gasteiger partial charge in [-0.3, -0.25) is 4.55 Å². The van der Waals surface area contributed by atoms with Gasteiger partial charge in [0.2, 0.25) is 0 Å². The third-order valence-corrected chi connectivity index (χ3v) is 5.87. The summed E-state index contributed by atoms with van der Waals surface area (Å²) in [7, 11) is 1.62. The fourth-order valence-corrected chi connectivity index (χ4v) is 3.85. The van der Waals surface area contributed by atoms with Crippen molar-refractivity contribution in [1.29, 1.82) is 0 Å². The highest BCUT2D eigenvalue weighted by molar-refractivity contribution is 7.85. The summed E-state index contributed by atoms with van der Waals surface area (Å²) >= 11 is 0. The molecule has 0 atom stereocenters. The number of likely N-dealkylation sites (N-methyl/N-ethyl adjacent to an activating group) is 1. The highest BCUT2D eigenvalue weighted by atomic mass is 32.2. The van der Waals surface area contributed by atoms with Gasteiger partial charge in [0, 0.05) is 0 Å². The zero-order valence-corrected chi connectivity index (χ0v) is 22.2. The summed E-state index contributed by atoms with van der Waals surface area (Å²) in [5, 5.41) is 13.1. The monoisotopic (exact) mass is 480 g/mol. The third-order valence-electron chi connectivity index (χ3n) is 5.07. The van der Waals surface area contributed by atoms with E-state index in [1.54, 1.807) is 21.1 Å². The number of nitrogens with zero attached hydrogens (tertiary/aromatic N) is 1.